The fourth-order valence-corrected chi connectivity index (χ4v) is 11.0. The van der Waals surface area contributed by atoms with Gasteiger partial charge in [-0.1, -0.05) is 229 Å². The minimum Gasteiger partial charge on any atom is -0.507 e. The lowest BCUT2D eigenvalue weighted by molar-refractivity contribution is 0.271. The van der Waals surface area contributed by atoms with Crippen molar-refractivity contribution in [1.82, 2.24) is 0 Å². The maximum atomic E-state index is 11.6. The van der Waals surface area contributed by atoms with E-state index in [-0.39, 0.29) is 49.9 Å². The number of phenolic OH excluding ortho intramolecular Hbond substituents is 4. The highest BCUT2D eigenvalue weighted by atomic mass is 31.1. The Morgan fingerprint density at radius 1 is 0.333 bits per heavy atom. The third kappa shape index (κ3) is 18.2. The van der Waals surface area contributed by atoms with Gasteiger partial charge < -0.3 is 29.8 Å². The Balaban J connectivity index is 0.000000595. The summed E-state index contributed by atoms with van der Waals surface area (Å²) in [6, 6.07) is 17.1. The Morgan fingerprint density at radius 2 is 0.494 bits per heavy atom. The second-order valence-electron chi connectivity index (χ2n) is 31.6. The first kappa shape index (κ1) is 70.7. The van der Waals surface area contributed by atoms with Crippen LogP contribution in [-0.4, -0.2) is 25.3 Å². The average molecular weight is 1130 g/mol. The van der Waals surface area contributed by atoms with Gasteiger partial charge >= 0.3 is 8.25 Å². The summed E-state index contributed by atoms with van der Waals surface area (Å²) in [7, 11) is -2.95. The van der Waals surface area contributed by atoms with Crippen LogP contribution in [0.25, 0.3) is 0 Å². The Labute approximate surface area is 494 Å². The summed E-state index contributed by atoms with van der Waals surface area (Å²) in [6.07, 6.45) is 4.88. The number of benzene rings is 5. The fraction of sp³-hybridized carbons (Fsp3) is 0.589. The highest BCUT2D eigenvalue weighted by molar-refractivity contribution is 7.32. The van der Waals surface area contributed by atoms with Crippen molar-refractivity contribution in [3.63, 3.8) is 0 Å². The topological polar surface area (TPSA) is 127 Å². The van der Waals surface area contributed by atoms with Gasteiger partial charge in [0.15, 0.2) is 0 Å². The maximum absolute atomic E-state index is 11.6. The van der Waals surface area contributed by atoms with Crippen molar-refractivity contribution < 1.29 is 34.4 Å². The normalized spacial score (nSPS) is 13.4. The standard InChI is InChI=1S/C54H78O3.C15H25O4P.C4H10/c1-31-37(22-34-25-40(49(4,5)6)46(55)41(26-34)50(7,8)9)32(2)39(24-36-29-44(53(16,17)18)48(57)45(30-36)54(19,20)21)33(3)38(31)23-35-27-42(51(10,11)12)47(56)43(28-35)52(13,14)15;1-14(2,3)11-7-10(9-19-20(17)18)8-12(13(11)16)15(4,5)6;1-3-4-2/h25-30,55-57H,22-24H2,1-21H3;7-8,16,20H,9H2,1-6H3,(H,17,18);3-4H2,1-2H3. The Bertz CT molecular complexity index is 2610. The second-order valence-corrected chi connectivity index (χ2v) is 32.4. The molecule has 8 heteroatoms. The van der Waals surface area contributed by atoms with E-state index < -0.39 is 8.25 Å². The molecule has 0 amide bonds. The Hall–Kier alpha value is -4.55. The quantitative estimate of drug-likeness (QED) is 0.0882. The minimum absolute atomic E-state index is 0.0702. The summed E-state index contributed by atoms with van der Waals surface area (Å²) in [5.74, 6) is 1.52. The zero-order valence-corrected chi connectivity index (χ0v) is 57.4. The van der Waals surface area contributed by atoms with E-state index in [2.05, 4.69) is 196 Å². The molecular formula is C73H113O7P. The zero-order chi connectivity index (χ0) is 62.9. The van der Waals surface area contributed by atoms with E-state index in [1.54, 1.807) is 0 Å². The summed E-state index contributed by atoms with van der Waals surface area (Å²) in [5, 5.41) is 45.4. The zero-order valence-electron chi connectivity index (χ0n) is 56.4. The summed E-state index contributed by atoms with van der Waals surface area (Å²) < 4.78 is 15.5. The number of unbranched alkanes of at least 4 members (excludes halogenated alkanes) is 1. The first-order valence-electron chi connectivity index (χ1n) is 29.8. The lowest BCUT2D eigenvalue weighted by atomic mass is 9.75. The van der Waals surface area contributed by atoms with E-state index in [0.29, 0.717) is 23.0 Å². The molecule has 5 N–H and O–H groups in total. The number of hydrogen-bond donors (Lipinski definition) is 5. The molecule has 7 nitrogen and oxygen atoms in total. The molecule has 1 atom stereocenters. The number of rotatable bonds is 10. The highest BCUT2D eigenvalue weighted by Gasteiger charge is 2.32. The lowest BCUT2D eigenvalue weighted by Gasteiger charge is -2.30. The Kier molecular flexibility index (Phi) is 22.5. The van der Waals surface area contributed by atoms with Gasteiger partial charge in [0.2, 0.25) is 0 Å². The van der Waals surface area contributed by atoms with Gasteiger partial charge in [-0.2, -0.15) is 0 Å². The molecule has 81 heavy (non-hydrogen) atoms. The predicted molar refractivity (Wildman–Crippen MR) is 348 cm³/mol. The van der Waals surface area contributed by atoms with E-state index in [0.717, 1.165) is 69.3 Å². The van der Waals surface area contributed by atoms with Gasteiger partial charge in [0.1, 0.15) is 23.0 Å². The van der Waals surface area contributed by atoms with Gasteiger partial charge in [0, 0.05) is 0 Å². The smallest absolute Gasteiger partial charge is 0.316 e. The second kappa shape index (κ2) is 25.7. The van der Waals surface area contributed by atoms with Crippen molar-refractivity contribution >= 4 is 8.25 Å². The van der Waals surface area contributed by atoms with E-state index in [9.17, 15) is 25.0 Å². The molecule has 0 fully saturated rings. The molecule has 452 valence electrons. The monoisotopic (exact) mass is 1130 g/mol. The van der Waals surface area contributed by atoms with E-state index in [4.69, 9.17) is 9.42 Å². The molecule has 0 aromatic heterocycles. The highest BCUT2D eigenvalue weighted by Crippen LogP contribution is 2.46. The van der Waals surface area contributed by atoms with Crippen LogP contribution < -0.4 is 0 Å². The molecular weight excluding hydrogens is 1020 g/mol. The lowest BCUT2D eigenvalue weighted by Crippen LogP contribution is -2.19. The summed E-state index contributed by atoms with van der Waals surface area (Å²) in [4.78, 5) is 8.80. The molecule has 0 bridgehead atoms. The first-order valence-corrected chi connectivity index (χ1v) is 31.1. The molecule has 5 rings (SSSR count). The van der Waals surface area contributed by atoms with Gasteiger partial charge in [-0.3, -0.25) is 4.57 Å². The first-order chi connectivity index (χ1) is 36.4. The van der Waals surface area contributed by atoms with Crippen LogP contribution in [0.2, 0.25) is 0 Å². The van der Waals surface area contributed by atoms with Crippen LogP contribution in [0.4, 0.5) is 0 Å². The Morgan fingerprint density at radius 3 is 0.630 bits per heavy atom. The summed E-state index contributed by atoms with van der Waals surface area (Å²) in [5.41, 5.74) is 18.0. The third-order valence-electron chi connectivity index (χ3n) is 15.9. The molecule has 1 unspecified atom stereocenters. The molecule has 0 heterocycles. The molecule has 5 aromatic carbocycles. The van der Waals surface area contributed by atoms with Crippen molar-refractivity contribution in [2.75, 3.05) is 0 Å². The van der Waals surface area contributed by atoms with Crippen LogP contribution in [0.15, 0.2) is 48.5 Å². The van der Waals surface area contributed by atoms with Gasteiger partial charge in [-0.05, 0) is 196 Å². The molecule has 0 saturated heterocycles. The predicted octanol–water partition coefficient (Wildman–Crippen LogP) is 20.0. The number of phenols is 4. The average Bonchev–Trinajstić information content (AvgIpc) is 3.28. The van der Waals surface area contributed by atoms with Gasteiger partial charge in [-0.15, -0.1) is 0 Å². The van der Waals surface area contributed by atoms with Crippen LogP contribution in [0, 0.1) is 20.8 Å². The van der Waals surface area contributed by atoms with Crippen molar-refractivity contribution in [1.29, 1.82) is 0 Å². The van der Waals surface area contributed by atoms with Gasteiger partial charge in [0.05, 0.1) is 6.61 Å². The molecule has 0 radical (unpaired) electrons. The molecule has 0 saturated carbocycles. The summed E-state index contributed by atoms with van der Waals surface area (Å²) >= 11 is 0. The van der Waals surface area contributed by atoms with Crippen LogP contribution in [0.5, 0.6) is 23.0 Å². The van der Waals surface area contributed by atoms with Crippen molar-refractivity contribution in [2.45, 2.75) is 283 Å². The van der Waals surface area contributed by atoms with Crippen molar-refractivity contribution in [3.05, 3.63) is 149 Å². The molecule has 0 spiro atoms. The van der Waals surface area contributed by atoms with Gasteiger partial charge in [-0.25, -0.2) is 0 Å². The van der Waals surface area contributed by atoms with Crippen LogP contribution in [0.3, 0.4) is 0 Å². The largest absolute Gasteiger partial charge is 0.507 e. The van der Waals surface area contributed by atoms with E-state index >= 15 is 0 Å². The number of aromatic hydroxyl groups is 4. The SMILES string of the molecule is CC(C)(C)c1cc(CO[PH](=O)O)cc(C(C)(C)C)c1O.CCCC.Cc1c(Cc2cc(C(C)(C)C)c(O)c(C(C)(C)C)c2)c(C)c(Cc2cc(C(C)(C)C)c(O)c(C(C)(C)C)c2)c(C)c1Cc1cc(C(C)(C)C)c(O)c(C(C)(C)C)c1. The molecule has 5 aromatic rings. The van der Waals surface area contributed by atoms with Crippen molar-refractivity contribution in [2.24, 2.45) is 0 Å². The molecule has 0 aliphatic carbocycles. The minimum atomic E-state index is -2.95. The third-order valence-corrected chi connectivity index (χ3v) is 16.3. The van der Waals surface area contributed by atoms with Crippen LogP contribution >= 0.6 is 8.25 Å². The fourth-order valence-electron chi connectivity index (χ4n) is 10.7. The summed E-state index contributed by atoms with van der Waals surface area (Å²) in [6.45, 7) is 62.7. The number of hydrogen-bond acceptors (Lipinski definition) is 6. The molecule has 0 aliphatic heterocycles. The molecule has 0 aliphatic rings. The van der Waals surface area contributed by atoms with E-state index in [1.807, 2.05) is 53.7 Å². The van der Waals surface area contributed by atoms with E-state index in [1.165, 1.54) is 62.9 Å². The maximum Gasteiger partial charge on any atom is 0.316 e. The van der Waals surface area contributed by atoms with Gasteiger partial charge in [0.25, 0.3) is 0 Å². The van der Waals surface area contributed by atoms with Crippen LogP contribution in [-0.2, 0) is 78.3 Å². The van der Waals surface area contributed by atoms with Crippen molar-refractivity contribution in [3.8, 4) is 23.0 Å². The van der Waals surface area contributed by atoms with Crippen LogP contribution in [0.1, 0.15) is 293 Å².